The summed E-state index contributed by atoms with van der Waals surface area (Å²) in [5.74, 6) is 0.0538. The van der Waals surface area contributed by atoms with Crippen LogP contribution in [0.25, 0.3) is 11.3 Å². The predicted molar refractivity (Wildman–Crippen MR) is 83.9 cm³/mol. The first-order valence-corrected chi connectivity index (χ1v) is 6.89. The maximum atomic E-state index is 12.1. The number of benzene rings is 1. The lowest BCUT2D eigenvalue weighted by Gasteiger charge is -2.11. The van der Waals surface area contributed by atoms with Crippen molar-refractivity contribution in [2.45, 2.75) is 6.10 Å². The third kappa shape index (κ3) is 4.15. The Morgan fingerprint density at radius 1 is 1.48 bits per heavy atom. The average Bonchev–Trinajstić information content (AvgIpc) is 2.59. The Balaban J connectivity index is 2.26. The number of methoxy groups -OCH3 is 1. The Morgan fingerprint density at radius 3 is 2.96 bits per heavy atom. The van der Waals surface area contributed by atoms with Crippen LogP contribution in [0.3, 0.4) is 0 Å². The number of nitrogens with one attached hydrogen (secondary N) is 1. The van der Waals surface area contributed by atoms with Crippen LogP contribution in [0.5, 0.6) is 5.75 Å². The summed E-state index contributed by atoms with van der Waals surface area (Å²) in [4.78, 5) is 20.3. The Morgan fingerprint density at radius 2 is 2.26 bits per heavy atom. The van der Waals surface area contributed by atoms with Crippen molar-refractivity contribution in [1.29, 1.82) is 0 Å². The Labute approximate surface area is 133 Å². The van der Waals surface area contributed by atoms with Crippen LogP contribution in [0.2, 0.25) is 0 Å². The van der Waals surface area contributed by atoms with Crippen LogP contribution in [0.1, 0.15) is 10.5 Å². The molecule has 1 aromatic heterocycles. The van der Waals surface area contributed by atoms with Crippen molar-refractivity contribution in [1.82, 2.24) is 15.3 Å². The highest BCUT2D eigenvalue weighted by atomic mass is 16.5. The number of rotatable bonds is 6. The Kier molecular flexibility index (Phi) is 5.45. The van der Waals surface area contributed by atoms with Crippen molar-refractivity contribution in [3.8, 4) is 17.0 Å². The second-order valence-electron chi connectivity index (χ2n) is 4.77. The van der Waals surface area contributed by atoms with E-state index in [0.29, 0.717) is 11.4 Å². The number of carbonyl (C=O) groups is 1. The largest absolute Gasteiger partial charge is 0.497 e. The van der Waals surface area contributed by atoms with Crippen molar-refractivity contribution in [3.05, 3.63) is 36.2 Å². The fraction of sp³-hybridized carbons (Fsp3) is 0.267. The van der Waals surface area contributed by atoms with Gasteiger partial charge in [0.2, 0.25) is 0 Å². The van der Waals surface area contributed by atoms with E-state index in [0.717, 1.165) is 5.56 Å². The molecule has 23 heavy (non-hydrogen) atoms. The molecule has 1 amide bonds. The molecule has 0 unspecified atom stereocenters. The first kappa shape index (κ1) is 16.7. The van der Waals surface area contributed by atoms with Crippen LogP contribution in [0, 0.1) is 0 Å². The number of nitrogens with zero attached hydrogens (tertiary/aromatic N) is 2. The van der Waals surface area contributed by atoms with E-state index in [1.807, 2.05) is 0 Å². The molecule has 0 bridgehead atoms. The zero-order valence-electron chi connectivity index (χ0n) is 12.6. The first-order valence-electron chi connectivity index (χ1n) is 6.89. The Hall–Kier alpha value is -2.71. The van der Waals surface area contributed by atoms with E-state index < -0.39 is 18.6 Å². The van der Waals surface area contributed by atoms with Gasteiger partial charge in [-0.2, -0.15) is 0 Å². The number of aromatic nitrogens is 2. The number of anilines is 1. The highest BCUT2D eigenvalue weighted by Gasteiger charge is 2.16. The van der Waals surface area contributed by atoms with Crippen molar-refractivity contribution in [2.24, 2.45) is 0 Å². The molecule has 0 aliphatic heterocycles. The van der Waals surface area contributed by atoms with Crippen LogP contribution in [-0.4, -0.2) is 52.5 Å². The minimum absolute atomic E-state index is 0.0207. The van der Waals surface area contributed by atoms with E-state index in [4.69, 9.17) is 15.6 Å². The van der Waals surface area contributed by atoms with Gasteiger partial charge in [0.1, 0.15) is 5.75 Å². The third-order valence-corrected chi connectivity index (χ3v) is 3.09. The molecule has 2 aromatic rings. The third-order valence-electron chi connectivity index (χ3n) is 3.09. The maximum Gasteiger partial charge on any atom is 0.273 e. The number of amides is 1. The Bertz CT molecular complexity index is 693. The van der Waals surface area contributed by atoms with Gasteiger partial charge in [-0.3, -0.25) is 4.79 Å². The van der Waals surface area contributed by atoms with Crippen LogP contribution >= 0.6 is 0 Å². The fourth-order valence-electron chi connectivity index (χ4n) is 1.85. The zero-order chi connectivity index (χ0) is 16.8. The lowest BCUT2D eigenvalue weighted by Crippen LogP contribution is -2.34. The molecule has 5 N–H and O–H groups in total. The van der Waals surface area contributed by atoms with Gasteiger partial charge in [0.05, 0.1) is 31.7 Å². The van der Waals surface area contributed by atoms with Crippen LogP contribution < -0.4 is 15.8 Å². The van der Waals surface area contributed by atoms with Gasteiger partial charge in [0.15, 0.2) is 11.5 Å². The van der Waals surface area contributed by atoms with Gasteiger partial charge in [-0.15, -0.1) is 0 Å². The highest BCUT2D eigenvalue weighted by molar-refractivity contribution is 5.96. The summed E-state index contributed by atoms with van der Waals surface area (Å²) in [5.41, 5.74) is 6.83. The van der Waals surface area contributed by atoms with E-state index in [1.165, 1.54) is 6.20 Å². The summed E-state index contributed by atoms with van der Waals surface area (Å²) in [6.45, 7) is -0.564. The SMILES string of the molecule is COc1cccc(-c2cnc(N)c(C(=O)NC[C@H](O)CO)n2)c1. The lowest BCUT2D eigenvalue weighted by atomic mass is 10.1. The molecule has 0 saturated heterocycles. The topological polar surface area (TPSA) is 131 Å². The normalized spacial score (nSPS) is 11.8. The number of nitrogens with two attached hydrogens (primary N) is 1. The number of nitrogen functional groups attached to an aromatic ring is 1. The number of aliphatic hydroxyl groups is 2. The highest BCUT2D eigenvalue weighted by Crippen LogP contribution is 2.22. The molecule has 1 aromatic carbocycles. The zero-order valence-corrected chi connectivity index (χ0v) is 12.6. The monoisotopic (exact) mass is 318 g/mol. The maximum absolute atomic E-state index is 12.1. The quantitative estimate of drug-likeness (QED) is 0.581. The minimum atomic E-state index is -1.05. The smallest absolute Gasteiger partial charge is 0.273 e. The van der Waals surface area contributed by atoms with E-state index in [1.54, 1.807) is 31.4 Å². The van der Waals surface area contributed by atoms with Crippen molar-refractivity contribution in [2.75, 3.05) is 26.0 Å². The molecule has 0 saturated carbocycles. The molecular weight excluding hydrogens is 300 g/mol. The van der Waals surface area contributed by atoms with Gasteiger partial charge >= 0.3 is 0 Å². The van der Waals surface area contributed by atoms with E-state index in [-0.39, 0.29) is 18.1 Å². The number of ether oxygens (including phenoxy) is 1. The van der Waals surface area contributed by atoms with Crippen LogP contribution in [0.15, 0.2) is 30.5 Å². The van der Waals surface area contributed by atoms with Gasteiger partial charge < -0.3 is 26.0 Å². The molecule has 2 rings (SSSR count). The number of aliphatic hydroxyl groups excluding tert-OH is 2. The molecule has 1 heterocycles. The molecule has 1 atom stereocenters. The summed E-state index contributed by atoms with van der Waals surface area (Å²) >= 11 is 0. The minimum Gasteiger partial charge on any atom is -0.497 e. The van der Waals surface area contributed by atoms with E-state index in [2.05, 4.69) is 15.3 Å². The predicted octanol–water partition coefficient (Wildman–Crippen LogP) is -0.183. The number of carbonyl (C=O) groups excluding carboxylic acids is 1. The fourth-order valence-corrected chi connectivity index (χ4v) is 1.85. The number of hydrogen-bond acceptors (Lipinski definition) is 7. The molecule has 0 spiro atoms. The molecule has 8 heteroatoms. The molecule has 0 radical (unpaired) electrons. The summed E-state index contributed by atoms with van der Waals surface area (Å²) < 4.78 is 5.15. The average molecular weight is 318 g/mol. The van der Waals surface area contributed by atoms with Crippen LogP contribution in [0.4, 0.5) is 5.82 Å². The standard InChI is InChI=1S/C15H18N4O4/c1-23-11-4-2-3-9(5-11)12-7-17-14(16)13(19-12)15(22)18-6-10(21)8-20/h2-5,7,10,20-21H,6,8H2,1H3,(H2,16,17)(H,18,22)/t10-/m0/s1. The van der Waals surface area contributed by atoms with Crippen LogP contribution in [-0.2, 0) is 0 Å². The molecule has 0 aliphatic carbocycles. The van der Waals surface area contributed by atoms with Gasteiger partial charge in [-0.05, 0) is 12.1 Å². The van der Waals surface area contributed by atoms with Crippen molar-refractivity contribution in [3.63, 3.8) is 0 Å². The second-order valence-corrected chi connectivity index (χ2v) is 4.77. The van der Waals surface area contributed by atoms with Gasteiger partial charge in [-0.25, -0.2) is 9.97 Å². The molecule has 0 aliphatic rings. The lowest BCUT2D eigenvalue weighted by molar-refractivity contribution is 0.0799. The van der Waals surface area contributed by atoms with Gasteiger partial charge in [0, 0.05) is 12.1 Å². The van der Waals surface area contributed by atoms with Crippen molar-refractivity contribution >= 4 is 11.7 Å². The van der Waals surface area contributed by atoms with E-state index in [9.17, 15) is 9.90 Å². The molecule has 0 fully saturated rings. The summed E-state index contributed by atoms with van der Waals surface area (Å²) in [6.07, 6.45) is 0.415. The molecular formula is C15H18N4O4. The van der Waals surface area contributed by atoms with Gasteiger partial charge in [-0.1, -0.05) is 12.1 Å². The summed E-state index contributed by atoms with van der Waals surface area (Å²) in [7, 11) is 1.55. The number of hydrogen-bond donors (Lipinski definition) is 4. The van der Waals surface area contributed by atoms with Gasteiger partial charge in [0.25, 0.3) is 5.91 Å². The summed E-state index contributed by atoms with van der Waals surface area (Å²) in [5, 5.41) is 20.5. The second kappa shape index (κ2) is 7.52. The molecule has 8 nitrogen and oxygen atoms in total. The molecule has 122 valence electrons. The first-order chi connectivity index (χ1) is 11.0. The summed E-state index contributed by atoms with van der Waals surface area (Å²) in [6, 6.07) is 7.15. The van der Waals surface area contributed by atoms with E-state index >= 15 is 0 Å². The van der Waals surface area contributed by atoms with Crippen molar-refractivity contribution < 1.29 is 19.7 Å².